The molecule has 2 aromatic heterocycles. The number of halogens is 1. The average molecular weight is 219 g/mol. The summed E-state index contributed by atoms with van der Waals surface area (Å²) < 4.78 is 1.71. The van der Waals surface area contributed by atoms with Gasteiger partial charge in [0.05, 0.1) is 5.52 Å². The molecule has 0 saturated carbocycles. The lowest BCUT2D eigenvalue weighted by molar-refractivity contribution is 0.841. The van der Waals surface area contributed by atoms with E-state index in [4.69, 9.17) is 11.6 Å². The standard InChI is InChI=1S/C10H7ClN4/c1-6-4-10-12-13-14-15(10)9-3-2-7(11)5-8(6)9/h2-5H,1H3. The molecule has 0 spiro atoms. The zero-order valence-corrected chi connectivity index (χ0v) is 8.73. The van der Waals surface area contributed by atoms with Crippen LogP contribution in [-0.4, -0.2) is 20.0 Å². The third kappa shape index (κ3) is 1.18. The summed E-state index contributed by atoms with van der Waals surface area (Å²) >= 11 is 5.95. The molecule has 2 heterocycles. The summed E-state index contributed by atoms with van der Waals surface area (Å²) in [5.41, 5.74) is 2.84. The molecule has 5 heteroatoms. The largest absolute Gasteiger partial charge is 0.193 e. The van der Waals surface area contributed by atoms with E-state index < -0.39 is 0 Å². The summed E-state index contributed by atoms with van der Waals surface area (Å²) in [6.07, 6.45) is 0. The van der Waals surface area contributed by atoms with Gasteiger partial charge in [0.25, 0.3) is 0 Å². The minimum Gasteiger partial charge on any atom is -0.193 e. The van der Waals surface area contributed by atoms with Gasteiger partial charge in [-0.05, 0) is 47.2 Å². The Morgan fingerprint density at radius 3 is 3.00 bits per heavy atom. The third-order valence-corrected chi connectivity index (χ3v) is 2.69. The second kappa shape index (κ2) is 2.90. The van der Waals surface area contributed by atoms with Crippen molar-refractivity contribution in [3.63, 3.8) is 0 Å². The summed E-state index contributed by atoms with van der Waals surface area (Å²) in [6, 6.07) is 7.63. The molecule has 74 valence electrons. The first-order valence-corrected chi connectivity index (χ1v) is 4.90. The van der Waals surface area contributed by atoms with Crippen LogP contribution in [0.4, 0.5) is 0 Å². The van der Waals surface area contributed by atoms with Crippen LogP contribution in [0, 0.1) is 6.92 Å². The molecular weight excluding hydrogens is 212 g/mol. The highest BCUT2D eigenvalue weighted by Crippen LogP contribution is 2.23. The summed E-state index contributed by atoms with van der Waals surface area (Å²) in [7, 11) is 0. The molecule has 0 radical (unpaired) electrons. The monoisotopic (exact) mass is 218 g/mol. The number of fused-ring (bicyclic) bond motifs is 3. The molecule has 0 aliphatic carbocycles. The van der Waals surface area contributed by atoms with E-state index in [0.29, 0.717) is 0 Å². The Morgan fingerprint density at radius 1 is 1.27 bits per heavy atom. The molecular formula is C10H7ClN4. The van der Waals surface area contributed by atoms with Crippen LogP contribution in [-0.2, 0) is 0 Å². The zero-order chi connectivity index (χ0) is 10.4. The van der Waals surface area contributed by atoms with E-state index in [2.05, 4.69) is 15.5 Å². The van der Waals surface area contributed by atoms with Gasteiger partial charge in [0.15, 0.2) is 5.65 Å². The third-order valence-electron chi connectivity index (χ3n) is 2.45. The number of hydrogen-bond acceptors (Lipinski definition) is 3. The second-order valence-corrected chi connectivity index (χ2v) is 3.87. The Kier molecular flexibility index (Phi) is 1.67. The van der Waals surface area contributed by atoms with Gasteiger partial charge < -0.3 is 0 Å². The molecule has 1 aromatic carbocycles. The van der Waals surface area contributed by atoms with Crippen molar-refractivity contribution < 1.29 is 0 Å². The predicted octanol–water partition coefficient (Wildman–Crippen LogP) is 2.24. The molecule has 0 bridgehead atoms. The minimum atomic E-state index is 0.720. The molecule has 15 heavy (non-hydrogen) atoms. The van der Waals surface area contributed by atoms with Crippen LogP contribution in [0.25, 0.3) is 16.6 Å². The smallest absolute Gasteiger partial charge is 0.180 e. The Bertz CT molecular complexity index is 659. The maximum Gasteiger partial charge on any atom is 0.180 e. The van der Waals surface area contributed by atoms with Gasteiger partial charge in [-0.1, -0.05) is 11.6 Å². The summed E-state index contributed by atoms with van der Waals surface area (Å²) in [6.45, 7) is 2.02. The first-order valence-electron chi connectivity index (χ1n) is 4.53. The molecule has 0 aliphatic heterocycles. The van der Waals surface area contributed by atoms with Crippen LogP contribution in [0.2, 0.25) is 5.02 Å². The number of nitrogens with zero attached hydrogens (tertiary/aromatic N) is 4. The molecule has 0 fully saturated rings. The van der Waals surface area contributed by atoms with Crippen molar-refractivity contribution in [1.29, 1.82) is 0 Å². The topological polar surface area (TPSA) is 43.1 Å². The van der Waals surface area contributed by atoms with E-state index in [0.717, 1.165) is 27.1 Å². The molecule has 3 rings (SSSR count). The van der Waals surface area contributed by atoms with Gasteiger partial charge in [0.1, 0.15) is 0 Å². The van der Waals surface area contributed by atoms with Gasteiger partial charge in [-0.15, -0.1) is 5.10 Å². The van der Waals surface area contributed by atoms with E-state index in [1.807, 2.05) is 31.2 Å². The van der Waals surface area contributed by atoms with Gasteiger partial charge >= 0.3 is 0 Å². The molecule has 0 amide bonds. The Labute approximate surface area is 90.5 Å². The highest BCUT2D eigenvalue weighted by molar-refractivity contribution is 6.31. The van der Waals surface area contributed by atoms with Gasteiger partial charge in [-0.2, -0.15) is 4.52 Å². The van der Waals surface area contributed by atoms with E-state index in [9.17, 15) is 0 Å². The SMILES string of the molecule is Cc1cc2nnnn2c2ccc(Cl)cc12. The van der Waals surface area contributed by atoms with Crippen LogP contribution < -0.4 is 0 Å². The van der Waals surface area contributed by atoms with Crippen molar-refractivity contribution >= 4 is 28.2 Å². The van der Waals surface area contributed by atoms with Crippen LogP contribution in [0.3, 0.4) is 0 Å². The molecule has 3 aromatic rings. The van der Waals surface area contributed by atoms with E-state index in [1.165, 1.54) is 0 Å². The molecule has 4 nitrogen and oxygen atoms in total. The fourth-order valence-corrected chi connectivity index (χ4v) is 1.91. The van der Waals surface area contributed by atoms with Crippen LogP contribution in [0.5, 0.6) is 0 Å². The normalized spacial score (nSPS) is 11.3. The highest BCUT2D eigenvalue weighted by atomic mass is 35.5. The lowest BCUT2D eigenvalue weighted by Crippen LogP contribution is -1.92. The lowest BCUT2D eigenvalue weighted by Gasteiger charge is -2.03. The summed E-state index contributed by atoms with van der Waals surface area (Å²) in [5.74, 6) is 0. The zero-order valence-electron chi connectivity index (χ0n) is 7.98. The quantitative estimate of drug-likeness (QED) is 0.581. The number of benzene rings is 1. The second-order valence-electron chi connectivity index (χ2n) is 3.44. The van der Waals surface area contributed by atoms with Gasteiger partial charge in [0, 0.05) is 10.4 Å². The average Bonchev–Trinajstić information content (AvgIpc) is 2.66. The fourth-order valence-electron chi connectivity index (χ4n) is 1.74. The predicted molar refractivity (Wildman–Crippen MR) is 58.0 cm³/mol. The maximum absolute atomic E-state index is 5.95. The molecule has 0 saturated heterocycles. The number of tetrazole rings is 1. The number of aromatic nitrogens is 4. The van der Waals surface area contributed by atoms with Crippen molar-refractivity contribution in [1.82, 2.24) is 20.0 Å². The van der Waals surface area contributed by atoms with E-state index in [1.54, 1.807) is 4.52 Å². The Balaban J connectivity index is 2.61. The fraction of sp³-hybridized carbons (Fsp3) is 0.100. The number of hydrogen-bond donors (Lipinski definition) is 0. The van der Waals surface area contributed by atoms with Crippen molar-refractivity contribution in [2.24, 2.45) is 0 Å². The van der Waals surface area contributed by atoms with Gasteiger partial charge in [0.2, 0.25) is 0 Å². The van der Waals surface area contributed by atoms with Crippen molar-refractivity contribution in [2.45, 2.75) is 6.92 Å². The lowest BCUT2D eigenvalue weighted by atomic mass is 10.1. The van der Waals surface area contributed by atoms with E-state index in [-0.39, 0.29) is 0 Å². The van der Waals surface area contributed by atoms with Crippen LogP contribution in [0.1, 0.15) is 5.56 Å². The molecule has 0 aliphatic rings. The van der Waals surface area contributed by atoms with E-state index >= 15 is 0 Å². The first kappa shape index (κ1) is 8.61. The number of pyridine rings is 1. The van der Waals surface area contributed by atoms with Crippen molar-refractivity contribution in [3.8, 4) is 0 Å². The molecule has 0 N–H and O–H groups in total. The minimum absolute atomic E-state index is 0.720. The van der Waals surface area contributed by atoms with Gasteiger partial charge in [-0.25, -0.2) is 0 Å². The first-order chi connectivity index (χ1) is 7.25. The number of aryl methyl sites for hydroxylation is 1. The number of rotatable bonds is 0. The highest BCUT2D eigenvalue weighted by Gasteiger charge is 2.06. The van der Waals surface area contributed by atoms with Crippen molar-refractivity contribution in [2.75, 3.05) is 0 Å². The summed E-state index contributed by atoms with van der Waals surface area (Å²) in [4.78, 5) is 0. The van der Waals surface area contributed by atoms with Crippen LogP contribution >= 0.6 is 11.6 Å². The van der Waals surface area contributed by atoms with Gasteiger partial charge in [-0.3, -0.25) is 0 Å². The Hall–Kier alpha value is -1.68. The molecule has 0 unspecified atom stereocenters. The maximum atomic E-state index is 5.95. The van der Waals surface area contributed by atoms with Crippen LogP contribution in [0.15, 0.2) is 24.3 Å². The molecule has 0 atom stereocenters. The summed E-state index contributed by atoms with van der Waals surface area (Å²) in [5, 5.41) is 13.3. The Morgan fingerprint density at radius 2 is 2.13 bits per heavy atom. The van der Waals surface area contributed by atoms with Crippen molar-refractivity contribution in [3.05, 3.63) is 34.9 Å².